The zero-order valence-corrected chi connectivity index (χ0v) is 15.0. The van der Waals surface area contributed by atoms with E-state index in [-0.39, 0.29) is 0 Å². The second kappa shape index (κ2) is 8.50. The van der Waals surface area contributed by atoms with Crippen molar-refractivity contribution in [2.75, 3.05) is 7.11 Å². The van der Waals surface area contributed by atoms with Crippen LogP contribution >= 0.6 is 11.6 Å². The summed E-state index contributed by atoms with van der Waals surface area (Å²) >= 11 is 5.70. The number of halogens is 1. The third kappa shape index (κ3) is 4.28. The van der Waals surface area contributed by atoms with E-state index in [2.05, 4.69) is 54.6 Å². The zero-order chi connectivity index (χ0) is 16.8. The van der Waals surface area contributed by atoms with Crippen molar-refractivity contribution in [3.05, 3.63) is 71.3 Å². The lowest BCUT2D eigenvalue weighted by atomic mass is 9.78. The van der Waals surface area contributed by atoms with E-state index >= 15 is 0 Å². The summed E-state index contributed by atoms with van der Waals surface area (Å²) in [5, 5.41) is 0. The van der Waals surface area contributed by atoms with E-state index in [0.717, 1.165) is 0 Å². The largest absolute Gasteiger partial charge is 0.380 e. The van der Waals surface area contributed by atoms with E-state index in [9.17, 15) is 0 Å². The van der Waals surface area contributed by atoms with Crippen LogP contribution in [0, 0.1) is 5.92 Å². The highest BCUT2D eigenvalue weighted by Gasteiger charge is 2.20. The molecule has 1 fully saturated rings. The summed E-state index contributed by atoms with van der Waals surface area (Å²) < 4.78 is 5.17. The average molecular weight is 341 g/mol. The highest BCUT2D eigenvalue weighted by molar-refractivity contribution is 6.25. The molecule has 2 aromatic rings. The molecule has 0 amide bonds. The predicted octanol–water partition coefficient (Wildman–Crippen LogP) is 6.53. The minimum Gasteiger partial charge on any atom is -0.380 e. The van der Waals surface area contributed by atoms with E-state index in [1.54, 1.807) is 12.6 Å². The molecule has 1 nitrogen and oxygen atoms in total. The molecule has 0 heterocycles. The second-order valence-electron chi connectivity index (χ2n) is 6.68. The van der Waals surface area contributed by atoms with Gasteiger partial charge in [0.2, 0.25) is 0 Å². The van der Waals surface area contributed by atoms with Crippen LogP contribution in [0.1, 0.15) is 42.7 Å². The van der Waals surface area contributed by atoms with Crippen molar-refractivity contribution in [1.29, 1.82) is 0 Å². The number of hydrogen-bond acceptors (Lipinski definition) is 1. The van der Waals surface area contributed by atoms with Crippen molar-refractivity contribution >= 4 is 11.6 Å². The highest BCUT2D eigenvalue weighted by atomic mass is 35.5. The van der Waals surface area contributed by atoms with Gasteiger partial charge in [-0.2, -0.15) is 0 Å². The fourth-order valence-electron chi connectivity index (χ4n) is 3.66. The van der Waals surface area contributed by atoms with E-state index in [4.69, 9.17) is 16.3 Å². The fourth-order valence-corrected chi connectivity index (χ4v) is 3.86. The summed E-state index contributed by atoms with van der Waals surface area (Å²) in [4.78, 5) is 0. The third-order valence-electron chi connectivity index (χ3n) is 5.10. The molecule has 0 saturated heterocycles. The summed E-state index contributed by atoms with van der Waals surface area (Å²) in [6, 6.07) is 17.7. The number of methoxy groups -OCH3 is 1. The first-order valence-electron chi connectivity index (χ1n) is 8.75. The molecule has 0 aromatic heterocycles. The fraction of sp³-hybridized carbons (Fsp3) is 0.364. The summed E-state index contributed by atoms with van der Waals surface area (Å²) in [6.45, 7) is 0.667. The molecule has 1 aliphatic carbocycles. The van der Waals surface area contributed by atoms with E-state index in [1.807, 2.05) is 0 Å². The van der Waals surface area contributed by atoms with E-state index < -0.39 is 0 Å². The number of rotatable bonds is 5. The zero-order valence-electron chi connectivity index (χ0n) is 14.2. The van der Waals surface area contributed by atoms with E-state index in [1.165, 1.54) is 47.9 Å². The molecule has 0 N–H and O–H groups in total. The summed E-state index contributed by atoms with van der Waals surface area (Å²) in [7, 11) is 1.73. The van der Waals surface area contributed by atoms with Crippen LogP contribution in [0.3, 0.4) is 0 Å². The van der Waals surface area contributed by atoms with Gasteiger partial charge < -0.3 is 4.74 Å². The minimum atomic E-state index is 0.667. The van der Waals surface area contributed by atoms with Crippen LogP contribution in [0.4, 0.5) is 0 Å². The van der Waals surface area contributed by atoms with Gasteiger partial charge in [0, 0.05) is 12.6 Å². The summed E-state index contributed by atoms with van der Waals surface area (Å²) in [5.74, 6) is 1.37. The normalized spacial score (nSPS) is 21.2. The van der Waals surface area contributed by atoms with Crippen LogP contribution in [0.15, 0.2) is 60.1 Å². The molecule has 126 valence electrons. The number of benzene rings is 2. The Morgan fingerprint density at radius 2 is 1.50 bits per heavy atom. The SMILES string of the molecule is COCc1ccc(-c2ccc(C3CCC(C=CCl)CC3)cc2)cc1. The lowest BCUT2D eigenvalue weighted by molar-refractivity contribution is 0.185. The Morgan fingerprint density at radius 1 is 0.917 bits per heavy atom. The van der Waals surface area contributed by atoms with Gasteiger partial charge in [0.15, 0.2) is 0 Å². The molecule has 0 unspecified atom stereocenters. The van der Waals surface area contributed by atoms with Crippen molar-refractivity contribution in [2.24, 2.45) is 5.92 Å². The maximum absolute atomic E-state index is 5.70. The third-order valence-corrected chi connectivity index (χ3v) is 5.24. The van der Waals surface area contributed by atoms with Crippen LogP contribution < -0.4 is 0 Å². The molecule has 0 atom stereocenters. The molecule has 1 saturated carbocycles. The van der Waals surface area contributed by atoms with E-state index in [0.29, 0.717) is 18.4 Å². The van der Waals surface area contributed by atoms with Gasteiger partial charge in [0.05, 0.1) is 6.61 Å². The first kappa shape index (κ1) is 17.3. The summed E-state index contributed by atoms with van der Waals surface area (Å²) in [5.41, 5.74) is 6.90. The molecule has 0 spiro atoms. The Morgan fingerprint density at radius 3 is 2.04 bits per heavy atom. The molecular weight excluding hydrogens is 316 g/mol. The topological polar surface area (TPSA) is 9.23 Å². The van der Waals surface area contributed by atoms with Crippen LogP contribution in [0.2, 0.25) is 0 Å². The smallest absolute Gasteiger partial charge is 0.0713 e. The van der Waals surface area contributed by atoms with Gasteiger partial charge >= 0.3 is 0 Å². The van der Waals surface area contributed by atoms with Gasteiger partial charge in [-0.15, -0.1) is 0 Å². The highest BCUT2D eigenvalue weighted by Crippen LogP contribution is 2.37. The van der Waals surface area contributed by atoms with Gasteiger partial charge in [-0.3, -0.25) is 0 Å². The van der Waals surface area contributed by atoms with Crippen LogP contribution in [0.5, 0.6) is 0 Å². The van der Waals surface area contributed by atoms with Gasteiger partial charge in [-0.25, -0.2) is 0 Å². The minimum absolute atomic E-state index is 0.667. The average Bonchev–Trinajstić information content (AvgIpc) is 2.64. The number of allylic oxidation sites excluding steroid dienone is 1. The van der Waals surface area contributed by atoms with Crippen LogP contribution in [0.25, 0.3) is 11.1 Å². The Bertz CT molecular complexity index is 649. The predicted molar refractivity (Wildman–Crippen MR) is 102 cm³/mol. The van der Waals surface area contributed by atoms with Gasteiger partial charge in [-0.05, 0) is 59.8 Å². The number of hydrogen-bond donors (Lipinski definition) is 0. The van der Waals surface area contributed by atoms with Crippen molar-refractivity contribution in [3.8, 4) is 11.1 Å². The molecule has 2 aromatic carbocycles. The monoisotopic (exact) mass is 340 g/mol. The first-order valence-corrected chi connectivity index (χ1v) is 9.19. The maximum Gasteiger partial charge on any atom is 0.0713 e. The molecular formula is C22H25ClO. The first-order chi connectivity index (χ1) is 11.8. The Hall–Kier alpha value is -1.57. The summed E-state index contributed by atoms with van der Waals surface area (Å²) in [6.07, 6.45) is 7.16. The van der Waals surface area contributed by atoms with Crippen LogP contribution in [-0.2, 0) is 11.3 Å². The Kier molecular flexibility index (Phi) is 6.12. The van der Waals surface area contributed by atoms with Gasteiger partial charge in [-0.1, -0.05) is 66.2 Å². The van der Waals surface area contributed by atoms with Crippen molar-refractivity contribution < 1.29 is 4.74 Å². The maximum atomic E-state index is 5.70. The molecule has 1 aliphatic rings. The Labute approximate surface area is 150 Å². The van der Waals surface area contributed by atoms with Crippen molar-refractivity contribution in [3.63, 3.8) is 0 Å². The second-order valence-corrected chi connectivity index (χ2v) is 6.93. The molecule has 0 aliphatic heterocycles. The number of ether oxygens (including phenoxy) is 1. The molecule has 0 bridgehead atoms. The standard InChI is InChI=1S/C22H25ClO/c1-24-16-18-4-8-20(9-5-18)22-12-10-21(11-13-22)19-6-2-17(3-7-19)14-15-23/h4-5,8-15,17,19H,2-3,6-7,16H2,1H3. The van der Waals surface area contributed by atoms with Gasteiger partial charge in [0.25, 0.3) is 0 Å². The quantitative estimate of drug-likeness (QED) is 0.601. The van der Waals surface area contributed by atoms with Gasteiger partial charge in [0.1, 0.15) is 0 Å². The molecule has 2 heteroatoms. The van der Waals surface area contributed by atoms with Crippen LogP contribution in [-0.4, -0.2) is 7.11 Å². The molecule has 3 rings (SSSR count). The lowest BCUT2D eigenvalue weighted by Crippen LogP contribution is -2.11. The Balaban J connectivity index is 1.65. The van der Waals surface area contributed by atoms with Crippen molar-refractivity contribution in [2.45, 2.75) is 38.2 Å². The molecule has 0 radical (unpaired) electrons. The lowest BCUT2D eigenvalue weighted by Gasteiger charge is -2.27. The molecule has 24 heavy (non-hydrogen) atoms. The van der Waals surface area contributed by atoms with Crippen molar-refractivity contribution in [1.82, 2.24) is 0 Å².